The molecule has 150 valence electrons. The Morgan fingerprint density at radius 2 is 1.34 bits per heavy atom. The molecule has 0 heterocycles. The lowest BCUT2D eigenvalue weighted by Crippen LogP contribution is -2.19. The quantitative estimate of drug-likeness (QED) is 0.371. The van der Waals surface area contributed by atoms with Crippen LogP contribution in [-0.2, 0) is 10.0 Å². The molecular formula is C19H14Cl3N3O2S2. The van der Waals surface area contributed by atoms with Gasteiger partial charge in [0, 0.05) is 21.4 Å². The predicted octanol–water partition coefficient (Wildman–Crippen LogP) is 6.26. The Hall–Kier alpha value is -2.03. The van der Waals surface area contributed by atoms with Crippen molar-refractivity contribution in [3.8, 4) is 0 Å². The van der Waals surface area contributed by atoms with Crippen molar-refractivity contribution in [1.29, 1.82) is 0 Å². The van der Waals surface area contributed by atoms with Crippen molar-refractivity contribution in [3.63, 3.8) is 0 Å². The molecular weight excluding hydrogens is 473 g/mol. The lowest BCUT2D eigenvalue weighted by molar-refractivity contribution is 0.601. The first-order valence-electron chi connectivity index (χ1n) is 8.14. The minimum absolute atomic E-state index is 0.109. The number of thiocarbonyl (C=S) groups is 1. The Morgan fingerprint density at radius 3 is 1.97 bits per heavy atom. The molecule has 3 aromatic carbocycles. The molecule has 10 heteroatoms. The minimum atomic E-state index is -3.73. The highest BCUT2D eigenvalue weighted by Gasteiger charge is 2.14. The monoisotopic (exact) mass is 485 g/mol. The van der Waals surface area contributed by atoms with Crippen molar-refractivity contribution in [3.05, 3.63) is 81.8 Å². The van der Waals surface area contributed by atoms with Crippen molar-refractivity contribution in [1.82, 2.24) is 0 Å². The van der Waals surface area contributed by atoms with Crippen LogP contribution >= 0.6 is 47.0 Å². The molecule has 5 nitrogen and oxygen atoms in total. The molecule has 0 aliphatic carbocycles. The Balaban J connectivity index is 1.66. The lowest BCUT2D eigenvalue weighted by Gasteiger charge is -2.13. The highest BCUT2D eigenvalue weighted by Crippen LogP contribution is 2.26. The number of halogens is 3. The summed E-state index contributed by atoms with van der Waals surface area (Å²) in [6.07, 6.45) is 0. The van der Waals surface area contributed by atoms with Gasteiger partial charge in [-0.1, -0.05) is 34.8 Å². The van der Waals surface area contributed by atoms with Gasteiger partial charge in [0.1, 0.15) is 0 Å². The molecule has 0 saturated carbocycles. The molecule has 29 heavy (non-hydrogen) atoms. The van der Waals surface area contributed by atoms with Crippen LogP contribution in [0.3, 0.4) is 0 Å². The highest BCUT2D eigenvalue weighted by molar-refractivity contribution is 7.92. The molecule has 0 spiro atoms. The molecule has 3 rings (SSSR count). The molecule has 0 radical (unpaired) electrons. The molecule has 0 atom stereocenters. The normalized spacial score (nSPS) is 11.0. The molecule has 0 fully saturated rings. The topological polar surface area (TPSA) is 70.2 Å². The molecule has 0 aromatic heterocycles. The van der Waals surface area contributed by atoms with E-state index in [1.54, 1.807) is 54.6 Å². The van der Waals surface area contributed by atoms with E-state index in [2.05, 4.69) is 15.4 Å². The third-order valence-electron chi connectivity index (χ3n) is 3.70. The van der Waals surface area contributed by atoms with E-state index in [0.717, 1.165) is 0 Å². The van der Waals surface area contributed by atoms with Crippen LogP contribution in [-0.4, -0.2) is 13.5 Å². The van der Waals surface area contributed by atoms with E-state index < -0.39 is 10.0 Å². The van der Waals surface area contributed by atoms with Crippen LogP contribution in [0.2, 0.25) is 15.1 Å². The zero-order chi connectivity index (χ0) is 21.0. The first-order chi connectivity index (χ1) is 13.7. The second-order valence-electron chi connectivity index (χ2n) is 5.84. The predicted molar refractivity (Wildman–Crippen MR) is 125 cm³/mol. The van der Waals surface area contributed by atoms with E-state index in [1.165, 1.54) is 12.1 Å². The van der Waals surface area contributed by atoms with E-state index in [1.807, 2.05) is 0 Å². The van der Waals surface area contributed by atoms with Crippen LogP contribution < -0.4 is 15.4 Å². The number of sulfonamides is 1. The summed E-state index contributed by atoms with van der Waals surface area (Å²) in [4.78, 5) is 0.109. The van der Waals surface area contributed by atoms with Crippen molar-refractivity contribution >= 4 is 79.2 Å². The summed E-state index contributed by atoms with van der Waals surface area (Å²) in [5.41, 5.74) is 1.62. The van der Waals surface area contributed by atoms with E-state index in [0.29, 0.717) is 37.2 Å². The fourth-order valence-corrected chi connectivity index (χ4v) is 4.19. The third kappa shape index (κ3) is 5.98. The van der Waals surface area contributed by atoms with Crippen LogP contribution in [0, 0.1) is 0 Å². The van der Waals surface area contributed by atoms with E-state index >= 15 is 0 Å². The third-order valence-corrected chi connectivity index (χ3v) is 6.10. The minimum Gasteiger partial charge on any atom is -0.332 e. The first-order valence-corrected chi connectivity index (χ1v) is 11.2. The van der Waals surface area contributed by atoms with E-state index in [4.69, 9.17) is 47.0 Å². The van der Waals surface area contributed by atoms with Crippen LogP contribution in [0.4, 0.5) is 17.1 Å². The molecule has 0 unspecified atom stereocenters. The van der Waals surface area contributed by atoms with Gasteiger partial charge in [0.25, 0.3) is 10.0 Å². The van der Waals surface area contributed by atoms with Crippen molar-refractivity contribution in [2.75, 3.05) is 15.4 Å². The van der Waals surface area contributed by atoms with E-state index in [-0.39, 0.29) is 4.90 Å². The molecule has 3 aromatic rings. The average molecular weight is 487 g/mol. The first kappa shape index (κ1) is 21.7. The zero-order valence-corrected chi connectivity index (χ0v) is 18.5. The van der Waals surface area contributed by atoms with Gasteiger partial charge < -0.3 is 10.6 Å². The number of hydrogen-bond donors (Lipinski definition) is 3. The standard InChI is InChI=1S/C19H14Cl3N3O2S2/c20-12-1-4-15(5-2-12)25-29(26,27)16-8-6-14(7-9-16)23-19(28)24-18-10-3-13(21)11-17(18)22/h1-11,25H,(H2,23,24,28). The zero-order valence-electron chi connectivity index (χ0n) is 14.6. The van der Waals surface area contributed by atoms with Gasteiger partial charge in [0.15, 0.2) is 5.11 Å². The van der Waals surface area contributed by atoms with Gasteiger partial charge in [-0.25, -0.2) is 8.42 Å². The van der Waals surface area contributed by atoms with Crippen LogP contribution in [0.5, 0.6) is 0 Å². The Bertz CT molecular complexity index is 1140. The summed E-state index contributed by atoms with van der Waals surface area (Å²) < 4.78 is 27.5. The maximum atomic E-state index is 12.5. The Morgan fingerprint density at radius 1 is 0.759 bits per heavy atom. The van der Waals surface area contributed by atoms with Gasteiger partial charge >= 0.3 is 0 Å². The summed E-state index contributed by atoms with van der Waals surface area (Å²) in [6, 6.07) is 17.5. The second kappa shape index (κ2) is 9.19. The van der Waals surface area contributed by atoms with Gasteiger partial charge in [-0.05, 0) is 78.9 Å². The maximum absolute atomic E-state index is 12.5. The van der Waals surface area contributed by atoms with Crippen LogP contribution in [0.1, 0.15) is 0 Å². The Labute approximate surface area is 189 Å². The number of nitrogens with one attached hydrogen (secondary N) is 3. The number of hydrogen-bond acceptors (Lipinski definition) is 3. The maximum Gasteiger partial charge on any atom is 0.261 e. The van der Waals surface area contributed by atoms with Crippen molar-refractivity contribution in [2.45, 2.75) is 4.90 Å². The van der Waals surface area contributed by atoms with Crippen molar-refractivity contribution in [2.24, 2.45) is 0 Å². The summed E-state index contributed by atoms with van der Waals surface area (Å²) in [5, 5.41) is 7.68. The average Bonchev–Trinajstić information content (AvgIpc) is 2.66. The summed E-state index contributed by atoms with van der Waals surface area (Å²) >= 11 is 23.1. The molecule has 0 bridgehead atoms. The summed E-state index contributed by atoms with van der Waals surface area (Å²) in [6.45, 7) is 0. The molecule has 0 aliphatic rings. The molecule has 0 amide bonds. The second-order valence-corrected chi connectivity index (χ2v) is 9.21. The van der Waals surface area contributed by atoms with Gasteiger partial charge in [0.2, 0.25) is 0 Å². The van der Waals surface area contributed by atoms with Gasteiger partial charge in [0.05, 0.1) is 15.6 Å². The number of benzene rings is 3. The van der Waals surface area contributed by atoms with Gasteiger partial charge in [-0.15, -0.1) is 0 Å². The van der Waals surface area contributed by atoms with Crippen LogP contribution in [0.25, 0.3) is 0 Å². The summed E-state index contributed by atoms with van der Waals surface area (Å²) in [5.74, 6) is 0. The fourth-order valence-electron chi connectivity index (χ4n) is 2.32. The Kier molecular flexibility index (Phi) is 6.87. The molecule has 0 aliphatic heterocycles. The molecule has 3 N–H and O–H groups in total. The fraction of sp³-hybridized carbons (Fsp3) is 0. The SMILES string of the molecule is O=S(=O)(Nc1ccc(Cl)cc1)c1ccc(NC(=S)Nc2ccc(Cl)cc2Cl)cc1. The van der Waals surface area contributed by atoms with Crippen LogP contribution in [0.15, 0.2) is 71.6 Å². The number of rotatable bonds is 5. The van der Waals surface area contributed by atoms with Crippen molar-refractivity contribution < 1.29 is 8.42 Å². The largest absolute Gasteiger partial charge is 0.332 e. The smallest absolute Gasteiger partial charge is 0.261 e. The molecule has 0 saturated heterocycles. The van der Waals surface area contributed by atoms with E-state index in [9.17, 15) is 8.42 Å². The van der Waals surface area contributed by atoms with Gasteiger partial charge in [-0.3, -0.25) is 4.72 Å². The number of anilines is 3. The van der Waals surface area contributed by atoms with Gasteiger partial charge in [-0.2, -0.15) is 0 Å². The summed E-state index contributed by atoms with van der Waals surface area (Å²) in [7, 11) is -3.73. The highest BCUT2D eigenvalue weighted by atomic mass is 35.5. The lowest BCUT2D eigenvalue weighted by atomic mass is 10.3.